The minimum atomic E-state index is -0.584. The molecule has 34 heavy (non-hydrogen) atoms. The average molecular weight is 487 g/mol. The van der Waals surface area contributed by atoms with E-state index in [2.05, 4.69) is 20.3 Å². The normalized spacial score (nSPS) is 17.3. The first-order chi connectivity index (χ1) is 15.7. The topological polar surface area (TPSA) is 83.0 Å². The van der Waals surface area contributed by atoms with Crippen molar-refractivity contribution in [3.05, 3.63) is 64.9 Å². The molecule has 1 N–H and O–H groups in total. The summed E-state index contributed by atoms with van der Waals surface area (Å²) in [5, 5.41) is 2.99. The Balaban J connectivity index is 0.00000324. The summed E-state index contributed by atoms with van der Waals surface area (Å²) in [6.07, 6.45) is 0.514. The lowest BCUT2D eigenvalue weighted by molar-refractivity contribution is 0.0383. The molecular weight excluding hydrogens is 455 g/mol. The molecular formula is C24H31FN6O2S. The van der Waals surface area contributed by atoms with Crippen LogP contribution in [0.2, 0.25) is 0 Å². The van der Waals surface area contributed by atoms with Gasteiger partial charge in [0.05, 0.1) is 24.3 Å². The van der Waals surface area contributed by atoms with Gasteiger partial charge in [0.15, 0.2) is 11.6 Å². The molecule has 182 valence electrons. The third-order valence-electron chi connectivity index (χ3n) is 6.14. The highest BCUT2D eigenvalue weighted by Gasteiger charge is 2.46. The Morgan fingerprint density at radius 2 is 1.97 bits per heavy atom. The Morgan fingerprint density at radius 1 is 1.26 bits per heavy atom. The number of amidine groups is 1. The van der Waals surface area contributed by atoms with Crippen molar-refractivity contribution in [3.63, 3.8) is 0 Å². The quantitative estimate of drug-likeness (QED) is 0.694. The lowest BCUT2D eigenvalue weighted by atomic mass is 9.94. The second-order valence-corrected chi connectivity index (χ2v) is 9.06. The van der Waals surface area contributed by atoms with Crippen LogP contribution in [0.25, 0.3) is 0 Å². The third-order valence-corrected chi connectivity index (χ3v) is 6.14. The number of rotatable bonds is 5. The van der Waals surface area contributed by atoms with E-state index in [0.29, 0.717) is 25.5 Å². The molecule has 0 fully saturated rings. The van der Waals surface area contributed by atoms with Crippen LogP contribution in [0.3, 0.4) is 0 Å². The van der Waals surface area contributed by atoms with Crippen LogP contribution in [-0.2, 0) is 4.74 Å². The smallest absolute Gasteiger partial charge is 0.411 e. The van der Waals surface area contributed by atoms with Crippen molar-refractivity contribution in [2.75, 3.05) is 39.0 Å². The molecule has 0 radical (unpaired) electrons. The number of nitrogens with zero attached hydrogens (tertiary/aromatic N) is 5. The first-order valence-electron chi connectivity index (χ1n) is 10.9. The molecule has 0 saturated heterocycles. The molecule has 4 rings (SSSR count). The molecule has 3 heterocycles. The molecule has 0 unspecified atom stereocenters. The van der Waals surface area contributed by atoms with E-state index in [4.69, 9.17) is 4.74 Å². The van der Waals surface area contributed by atoms with E-state index < -0.39 is 23.6 Å². The van der Waals surface area contributed by atoms with Gasteiger partial charge < -0.3 is 15.0 Å². The van der Waals surface area contributed by atoms with Gasteiger partial charge in [-0.15, -0.1) is 0 Å². The SMILES string of the molecule is Cc1ncnc(NC2=NCC3=C2CN(C(=O)O[C@H](CN(C)C)c2ccccc2)C3(C)C)c1F.S. The van der Waals surface area contributed by atoms with E-state index in [1.165, 1.54) is 6.33 Å². The predicted molar refractivity (Wildman–Crippen MR) is 135 cm³/mol. The molecule has 2 aromatic rings. The molecule has 2 aliphatic rings. The average Bonchev–Trinajstić information content (AvgIpc) is 3.29. The number of aromatic nitrogens is 2. The number of aryl methyl sites for hydroxylation is 1. The van der Waals surface area contributed by atoms with Gasteiger partial charge in [-0.1, -0.05) is 30.3 Å². The standard InChI is InChI=1S/C24H29FN6O2.H2S/c1-15-20(25)22(28-14-27-15)29-21-17-12-31(24(2,3)18(17)11-26-21)23(32)33-19(13-30(4)5)16-9-7-6-8-10-16;/h6-10,14,19H,11-13H2,1-5H3,(H,26,27,28,29);1H2/t19-;/m1./s1. The molecule has 0 aliphatic carbocycles. The summed E-state index contributed by atoms with van der Waals surface area (Å²) >= 11 is 0. The first kappa shape index (κ1) is 25.6. The number of halogens is 1. The van der Waals surface area contributed by atoms with Gasteiger partial charge in [-0.25, -0.2) is 19.2 Å². The minimum absolute atomic E-state index is 0. The number of likely N-dealkylation sites (N-methyl/N-ethyl adjacent to an activating group) is 1. The fraction of sp³-hybridized carbons (Fsp3) is 0.417. The number of carbonyl (C=O) groups is 1. The van der Waals surface area contributed by atoms with Gasteiger partial charge in [-0.2, -0.15) is 13.5 Å². The van der Waals surface area contributed by atoms with Gasteiger partial charge in [0.1, 0.15) is 18.3 Å². The van der Waals surface area contributed by atoms with Crippen LogP contribution >= 0.6 is 13.5 Å². The summed E-state index contributed by atoms with van der Waals surface area (Å²) in [7, 11) is 3.89. The van der Waals surface area contributed by atoms with E-state index in [9.17, 15) is 9.18 Å². The lowest BCUT2D eigenvalue weighted by Gasteiger charge is -2.35. The van der Waals surface area contributed by atoms with Crippen LogP contribution in [0.5, 0.6) is 0 Å². The zero-order chi connectivity index (χ0) is 23.8. The monoisotopic (exact) mass is 486 g/mol. The van der Waals surface area contributed by atoms with Gasteiger partial charge in [-0.05, 0) is 46.0 Å². The summed E-state index contributed by atoms with van der Waals surface area (Å²) in [5.41, 5.74) is 2.49. The van der Waals surface area contributed by atoms with Crippen LogP contribution < -0.4 is 5.32 Å². The van der Waals surface area contributed by atoms with Crippen LogP contribution in [0.1, 0.15) is 31.2 Å². The minimum Gasteiger partial charge on any atom is -0.440 e. The summed E-state index contributed by atoms with van der Waals surface area (Å²) in [6.45, 7) is 6.86. The van der Waals surface area contributed by atoms with Crippen molar-refractivity contribution >= 4 is 31.2 Å². The maximum Gasteiger partial charge on any atom is 0.411 e. The Kier molecular flexibility index (Phi) is 7.62. The molecule has 1 aromatic carbocycles. The molecule has 10 heteroatoms. The van der Waals surface area contributed by atoms with Crippen molar-refractivity contribution in [2.45, 2.75) is 32.4 Å². The molecule has 2 aliphatic heterocycles. The zero-order valence-corrected chi connectivity index (χ0v) is 21.1. The zero-order valence-electron chi connectivity index (χ0n) is 20.1. The molecule has 0 spiro atoms. The number of hydrogen-bond acceptors (Lipinski definition) is 7. The molecule has 1 aromatic heterocycles. The Hall–Kier alpha value is -2.98. The lowest BCUT2D eigenvalue weighted by Crippen LogP contribution is -2.47. The van der Waals surface area contributed by atoms with Crippen molar-refractivity contribution in [1.82, 2.24) is 19.8 Å². The number of aliphatic imine (C=N–C) groups is 1. The first-order valence-corrected chi connectivity index (χ1v) is 10.9. The highest BCUT2D eigenvalue weighted by atomic mass is 32.1. The second kappa shape index (κ2) is 10.1. The van der Waals surface area contributed by atoms with E-state index in [0.717, 1.165) is 16.7 Å². The fourth-order valence-corrected chi connectivity index (χ4v) is 4.20. The summed E-state index contributed by atoms with van der Waals surface area (Å²) in [5.74, 6) is 0.0828. The number of ether oxygens (including phenoxy) is 1. The maximum absolute atomic E-state index is 14.4. The van der Waals surface area contributed by atoms with E-state index in [1.807, 2.05) is 63.2 Å². The Bertz CT molecular complexity index is 1120. The van der Waals surface area contributed by atoms with Crippen molar-refractivity contribution < 1.29 is 13.9 Å². The summed E-state index contributed by atoms with van der Waals surface area (Å²) < 4.78 is 20.4. The molecule has 0 saturated carbocycles. The molecule has 8 nitrogen and oxygen atoms in total. The fourth-order valence-electron chi connectivity index (χ4n) is 4.20. The van der Waals surface area contributed by atoms with Crippen LogP contribution in [0, 0.1) is 12.7 Å². The van der Waals surface area contributed by atoms with Gasteiger partial charge in [0.25, 0.3) is 0 Å². The number of benzene rings is 1. The van der Waals surface area contributed by atoms with E-state index in [1.54, 1.807) is 11.8 Å². The van der Waals surface area contributed by atoms with Crippen LogP contribution in [0.15, 0.2) is 52.8 Å². The van der Waals surface area contributed by atoms with Crippen LogP contribution in [-0.4, -0.2) is 71.0 Å². The highest BCUT2D eigenvalue weighted by molar-refractivity contribution is 7.59. The van der Waals surface area contributed by atoms with Crippen molar-refractivity contribution in [1.29, 1.82) is 0 Å². The predicted octanol–water partition coefficient (Wildman–Crippen LogP) is 3.69. The van der Waals surface area contributed by atoms with Gasteiger partial charge >= 0.3 is 6.09 Å². The largest absolute Gasteiger partial charge is 0.440 e. The summed E-state index contributed by atoms with van der Waals surface area (Å²) in [6, 6.07) is 9.73. The van der Waals surface area contributed by atoms with Gasteiger partial charge in [0, 0.05) is 12.1 Å². The van der Waals surface area contributed by atoms with Gasteiger partial charge in [0.2, 0.25) is 0 Å². The van der Waals surface area contributed by atoms with E-state index in [-0.39, 0.29) is 25.0 Å². The number of hydrogen-bond donors (Lipinski definition) is 1. The third kappa shape index (κ3) is 4.92. The van der Waals surface area contributed by atoms with Gasteiger partial charge in [-0.3, -0.25) is 9.89 Å². The molecule has 1 amide bonds. The highest BCUT2D eigenvalue weighted by Crippen LogP contribution is 2.39. The molecule has 1 atom stereocenters. The number of amides is 1. The second-order valence-electron chi connectivity index (χ2n) is 9.06. The number of nitrogens with one attached hydrogen (secondary N) is 1. The maximum atomic E-state index is 14.4. The van der Waals surface area contributed by atoms with Crippen molar-refractivity contribution in [3.8, 4) is 0 Å². The molecule has 0 bridgehead atoms. The number of carbonyl (C=O) groups excluding carboxylic acids is 1. The Morgan fingerprint density at radius 3 is 2.65 bits per heavy atom. The number of anilines is 1. The van der Waals surface area contributed by atoms with E-state index >= 15 is 0 Å². The van der Waals surface area contributed by atoms with Crippen molar-refractivity contribution in [2.24, 2.45) is 4.99 Å². The van der Waals surface area contributed by atoms with Crippen LogP contribution in [0.4, 0.5) is 15.0 Å². The Labute approximate surface area is 206 Å². The summed E-state index contributed by atoms with van der Waals surface area (Å²) in [4.78, 5) is 29.4.